The largest absolute Gasteiger partial charge is 0.392 e. The third kappa shape index (κ3) is 1.87. The van der Waals surface area contributed by atoms with E-state index < -0.39 is 18.6 Å². The Morgan fingerprint density at radius 1 is 1.62 bits per heavy atom. The fraction of sp³-hybridized carbons (Fsp3) is 0.286. The highest BCUT2D eigenvalue weighted by Gasteiger charge is 2.19. The van der Waals surface area contributed by atoms with E-state index in [4.69, 9.17) is 22.4 Å². The number of aliphatic hydroxyl groups is 1. The molecular weight excluding hydrogens is 202 g/mol. The minimum absolute atomic E-state index is 0.00537. The SMILES string of the molecule is Nc1ncc(CO)c(C(F)F)c1Cl. The van der Waals surface area contributed by atoms with Gasteiger partial charge in [-0.2, -0.15) is 0 Å². The molecule has 1 rings (SSSR count). The maximum Gasteiger partial charge on any atom is 0.265 e. The van der Waals surface area contributed by atoms with E-state index >= 15 is 0 Å². The van der Waals surface area contributed by atoms with Crippen LogP contribution < -0.4 is 5.73 Å². The van der Waals surface area contributed by atoms with Gasteiger partial charge in [-0.25, -0.2) is 13.8 Å². The molecule has 0 aromatic carbocycles. The quantitative estimate of drug-likeness (QED) is 0.779. The molecule has 0 aliphatic rings. The number of alkyl halides is 2. The van der Waals surface area contributed by atoms with E-state index in [1.165, 1.54) is 0 Å². The van der Waals surface area contributed by atoms with E-state index in [0.29, 0.717) is 0 Å². The standard InChI is InChI=1S/C7H7ClF2N2O/c8-5-4(6(9)10)3(2-13)1-12-7(5)11/h1,6,13H,2H2,(H2,11,12). The van der Waals surface area contributed by atoms with Crippen LogP contribution in [0.4, 0.5) is 14.6 Å². The Morgan fingerprint density at radius 2 is 2.23 bits per heavy atom. The summed E-state index contributed by atoms with van der Waals surface area (Å²) in [5.41, 5.74) is 4.77. The van der Waals surface area contributed by atoms with Crippen molar-refractivity contribution in [3.8, 4) is 0 Å². The van der Waals surface area contributed by atoms with Gasteiger partial charge in [0.1, 0.15) is 5.82 Å². The molecule has 0 amide bonds. The Kier molecular flexibility index (Phi) is 3.00. The Labute approximate surface area is 78.1 Å². The van der Waals surface area contributed by atoms with E-state index in [-0.39, 0.29) is 16.4 Å². The molecule has 0 spiro atoms. The molecule has 3 nitrogen and oxygen atoms in total. The highest BCUT2D eigenvalue weighted by Crippen LogP contribution is 2.32. The lowest BCUT2D eigenvalue weighted by Gasteiger charge is -2.09. The van der Waals surface area contributed by atoms with Crippen LogP contribution in [0.3, 0.4) is 0 Å². The number of nitrogens with two attached hydrogens (primary N) is 1. The minimum Gasteiger partial charge on any atom is -0.392 e. The van der Waals surface area contributed by atoms with Gasteiger partial charge in [0.2, 0.25) is 0 Å². The summed E-state index contributed by atoms with van der Waals surface area (Å²) in [6, 6.07) is 0. The molecule has 13 heavy (non-hydrogen) atoms. The van der Waals surface area contributed by atoms with E-state index in [2.05, 4.69) is 4.98 Å². The van der Waals surface area contributed by atoms with Crippen molar-refractivity contribution in [1.82, 2.24) is 4.98 Å². The van der Waals surface area contributed by atoms with Gasteiger partial charge in [0.25, 0.3) is 6.43 Å². The lowest BCUT2D eigenvalue weighted by atomic mass is 10.1. The number of hydrogen-bond acceptors (Lipinski definition) is 3. The number of rotatable bonds is 2. The van der Waals surface area contributed by atoms with Gasteiger partial charge in [0.15, 0.2) is 0 Å². The van der Waals surface area contributed by atoms with Crippen molar-refractivity contribution < 1.29 is 13.9 Å². The Morgan fingerprint density at radius 3 is 2.69 bits per heavy atom. The number of nitrogen functional groups attached to an aromatic ring is 1. The fourth-order valence-corrected chi connectivity index (χ4v) is 1.17. The van der Waals surface area contributed by atoms with Gasteiger partial charge in [0.05, 0.1) is 11.6 Å². The summed E-state index contributed by atoms with van der Waals surface area (Å²) < 4.78 is 24.8. The van der Waals surface area contributed by atoms with Gasteiger partial charge in [-0.3, -0.25) is 0 Å². The van der Waals surface area contributed by atoms with Crippen molar-refractivity contribution in [3.63, 3.8) is 0 Å². The van der Waals surface area contributed by atoms with Crippen LogP contribution in [0.1, 0.15) is 17.6 Å². The summed E-state index contributed by atoms with van der Waals surface area (Å²) >= 11 is 5.49. The molecule has 0 bridgehead atoms. The highest BCUT2D eigenvalue weighted by atomic mass is 35.5. The smallest absolute Gasteiger partial charge is 0.265 e. The average Bonchev–Trinajstić information content (AvgIpc) is 2.08. The first-order valence-corrected chi connectivity index (χ1v) is 3.77. The first-order chi connectivity index (χ1) is 6.07. The number of aromatic nitrogens is 1. The first-order valence-electron chi connectivity index (χ1n) is 3.39. The molecular formula is C7H7ClF2N2O. The molecule has 3 N–H and O–H groups in total. The van der Waals surface area contributed by atoms with Crippen molar-refractivity contribution in [3.05, 3.63) is 22.3 Å². The zero-order chi connectivity index (χ0) is 10.0. The van der Waals surface area contributed by atoms with Crippen LogP contribution in [0.5, 0.6) is 0 Å². The maximum atomic E-state index is 12.4. The van der Waals surface area contributed by atoms with E-state index in [9.17, 15) is 8.78 Å². The number of nitrogens with zero attached hydrogens (tertiary/aromatic N) is 1. The second-order valence-corrected chi connectivity index (χ2v) is 2.73. The van der Waals surface area contributed by atoms with E-state index in [0.717, 1.165) is 6.20 Å². The summed E-state index contributed by atoms with van der Waals surface area (Å²) in [7, 11) is 0. The van der Waals surface area contributed by atoms with Crippen molar-refractivity contribution >= 4 is 17.4 Å². The van der Waals surface area contributed by atoms with Crippen molar-refractivity contribution in [1.29, 1.82) is 0 Å². The number of hydrogen-bond donors (Lipinski definition) is 2. The fourth-order valence-electron chi connectivity index (χ4n) is 0.915. The molecule has 72 valence electrons. The third-order valence-corrected chi connectivity index (χ3v) is 1.95. The molecule has 1 heterocycles. The number of pyridine rings is 1. The molecule has 6 heteroatoms. The van der Waals surface area contributed by atoms with Crippen LogP contribution in [-0.2, 0) is 6.61 Å². The maximum absolute atomic E-state index is 12.4. The third-order valence-electron chi connectivity index (χ3n) is 1.56. The Hall–Kier alpha value is -0.940. The highest BCUT2D eigenvalue weighted by molar-refractivity contribution is 6.33. The topological polar surface area (TPSA) is 59.1 Å². The molecule has 0 radical (unpaired) electrons. The van der Waals surface area contributed by atoms with Gasteiger partial charge in [-0.05, 0) is 0 Å². The number of aliphatic hydroxyl groups excluding tert-OH is 1. The van der Waals surface area contributed by atoms with Crippen molar-refractivity contribution in [2.45, 2.75) is 13.0 Å². The minimum atomic E-state index is -2.76. The van der Waals surface area contributed by atoms with Crippen molar-refractivity contribution in [2.75, 3.05) is 5.73 Å². The van der Waals surface area contributed by atoms with Crippen LogP contribution in [0.2, 0.25) is 5.02 Å². The second-order valence-electron chi connectivity index (χ2n) is 2.36. The monoisotopic (exact) mass is 208 g/mol. The molecule has 1 aromatic heterocycles. The lowest BCUT2D eigenvalue weighted by Crippen LogP contribution is -2.01. The zero-order valence-corrected chi connectivity index (χ0v) is 7.22. The summed E-state index contributed by atoms with van der Waals surface area (Å²) in [4.78, 5) is 3.55. The predicted molar refractivity (Wildman–Crippen MR) is 44.5 cm³/mol. The van der Waals surface area contributed by atoms with Gasteiger partial charge in [0, 0.05) is 17.3 Å². The summed E-state index contributed by atoms with van der Waals surface area (Å²) in [5.74, 6) is -0.158. The zero-order valence-electron chi connectivity index (χ0n) is 6.47. The molecule has 0 unspecified atom stereocenters. The van der Waals surface area contributed by atoms with Gasteiger partial charge >= 0.3 is 0 Å². The van der Waals surface area contributed by atoms with Crippen LogP contribution in [-0.4, -0.2) is 10.1 Å². The van der Waals surface area contributed by atoms with Gasteiger partial charge in [-0.15, -0.1) is 0 Å². The van der Waals surface area contributed by atoms with Crippen LogP contribution >= 0.6 is 11.6 Å². The van der Waals surface area contributed by atoms with Crippen LogP contribution in [0, 0.1) is 0 Å². The molecule has 0 atom stereocenters. The number of halogens is 3. The van der Waals surface area contributed by atoms with Gasteiger partial charge in [-0.1, -0.05) is 11.6 Å². The van der Waals surface area contributed by atoms with E-state index in [1.54, 1.807) is 0 Å². The van der Waals surface area contributed by atoms with Crippen LogP contribution in [0.25, 0.3) is 0 Å². The predicted octanol–water partition coefficient (Wildman–Crippen LogP) is 1.75. The van der Waals surface area contributed by atoms with Crippen LogP contribution in [0.15, 0.2) is 6.20 Å². The molecule has 0 saturated heterocycles. The number of anilines is 1. The Bertz CT molecular complexity index is 320. The van der Waals surface area contributed by atoms with E-state index in [1.807, 2.05) is 0 Å². The van der Waals surface area contributed by atoms with Gasteiger partial charge < -0.3 is 10.8 Å². The summed E-state index contributed by atoms with van der Waals surface area (Å²) in [6.45, 7) is -0.535. The first kappa shape index (κ1) is 10.1. The summed E-state index contributed by atoms with van der Waals surface area (Å²) in [6.07, 6.45) is -1.68. The Balaban J connectivity index is 3.32. The molecule has 1 aromatic rings. The molecule has 0 fully saturated rings. The molecule has 0 aliphatic heterocycles. The summed E-state index contributed by atoms with van der Waals surface area (Å²) in [5, 5.41) is 8.42. The molecule has 0 saturated carbocycles. The second kappa shape index (κ2) is 3.85. The van der Waals surface area contributed by atoms with Crippen molar-refractivity contribution in [2.24, 2.45) is 0 Å². The lowest BCUT2D eigenvalue weighted by molar-refractivity contribution is 0.147. The molecule has 0 aliphatic carbocycles. The normalized spacial score (nSPS) is 10.8. The average molecular weight is 209 g/mol.